The zero-order chi connectivity index (χ0) is 15.5. The molecule has 1 aliphatic rings. The Morgan fingerprint density at radius 3 is 2.45 bits per heavy atom. The highest BCUT2D eigenvalue weighted by Crippen LogP contribution is 2.13. The van der Waals surface area contributed by atoms with E-state index in [1.807, 2.05) is 18.5 Å². The van der Waals surface area contributed by atoms with Crippen LogP contribution in [-0.4, -0.2) is 28.9 Å². The van der Waals surface area contributed by atoms with Crippen molar-refractivity contribution in [1.29, 1.82) is 0 Å². The average molecular weight is 302 g/mol. The second-order valence-corrected chi connectivity index (χ2v) is 6.42. The molecular weight excluding hydrogens is 272 g/mol. The molecule has 1 amide bonds. The largest absolute Gasteiger partial charge is 0.343 e. The number of hydrogen-bond donors (Lipinski definition) is 0. The minimum Gasteiger partial charge on any atom is -0.343 e. The van der Waals surface area contributed by atoms with E-state index in [1.165, 1.54) is 56.9 Å². The second-order valence-electron chi connectivity index (χ2n) is 6.42. The van der Waals surface area contributed by atoms with Gasteiger partial charge < -0.3 is 4.90 Å². The smallest absolute Gasteiger partial charge is 0.222 e. The molecule has 0 unspecified atom stereocenters. The Balaban J connectivity index is 1.42. The van der Waals surface area contributed by atoms with Crippen LogP contribution in [0.1, 0.15) is 69.8 Å². The van der Waals surface area contributed by atoms with Gasteiger partial charge in [-0.15, -0.1) is 0 Å². The fourth-order valence-corrected chi connectivity index (χ4v) is 3.16. The molecule has 0 aromatic carbocycles. The Morgan fingerprint density at radius 1 is 1.00 bits per heavy atom. The lowest BCUT2D eigenvalue weighted by molar-refractivity contribution is -0.132. The van der Waals surface area contributed by atoms with Gasteiger partial charge in [-0.25, -0.2) is 0 Å². The summed E-state index contributed by atoms with van der Waals surface area (Å²) < 4.78 is 0. The molecule has 2 rings (SSSR count). The number of hydrogen-bond acceptors (Lipinski definition) is 2. The van der Waals surface area contributed by atoms with E-state index in [2.05, 4.69) is 16.0 Å². The van der Waals surface area contributed by atoms with Gasteiger partial charge in [0.15, 0.2) is 0 Å². The van der Waals surface area contributed by atoms with Crippen LogP contribution in [0.15, 0.2) is 24.5 Å². The summed E-state index contributed by atoms with van der Waals surface area (Å²) >= 11 is 0. The number of rotatable bonds is 9. The van der Waals surface area contributed by atoms with Gasteiger partial charge in [0.25, 0.3) is 0 Å². The third kappa shape index (κ3) is 6.59. The molecule has 122 valence electrons. The highest BCUT2D eigenvalue weighted by molar-refractivity contribution is 5.76. The predicted octanol–water partition coefficient (Wildman–Crippen LogP) is 4.37. The normalized spacial score (nSPS) is 15.0. The lowest BCUT2D eigenvalue weighted by atomic mass is 10.0. The maximum absolute atomic E-state index is 12.0. The van der Waals surface area contributed by atoms with E-state index < -0.39 is 0 Å². The van der Waals surface area contributed by atoms with Gasteiger partial charge in [-0.1, -0.05) is 31.7 Å². The van der Waals surface area contributed by atoms with E-state index in [0.717, 1.165) is 32.4 Å². The summed E-state index contributed by atoms with van der Waals surface area (Å²) in [7, 11) is 0. The van der Waals surface area contributed by atoms with Crippen molar-refractivity contribution < 1.29 is 4.79 Å². The average Bonchev–Trinajstić information content (AvgIpc) is 2.59. The summed E-state index contributed by atoms with van der Waals surface area (Å²) in [6.45, 7) is 1.99. The maximum atomic E-state index is 12.0. The number of amides is 1. The van der Waals surface area contributed by atoms with Gasteiger partial charge in [-0.05, 0) is 50.2 Å². The highest BCUT2D eigenvalue weighted by Gasteiger charge is 2.15. The molecule has 2 heterocycles. The molecular formula is C19H30N2O. The standard InChI is InChI=1S/C19H30N2O/c22-19(21-15-8-5-9-16-21)13-7-4-2-1-3-6-11-18-12-10-14-20-17-18/h10,12,14,17H,1-9,11,13,15-16H2. The Labute approximate surface area is 135 Å². The Bertz CT molecular complexity index is 413. The van der Waals surface area contributed by atoms with Crippen LogP contribution in [0.5, 0.6) is 0 Å². The molecule has 0 saturated carbocycles. The Hall–Kier alpha value is -1.38. The second kappa shape index (κ2) is 10.4. The molecule has 3 heteroatoms. The predicted molar refractivity (Wildman–Crippen MR) is 90.7 cm³/mol. The van der Waals surface area contributed by atoms with Gasteiger partial charge >= 0.3 is 0 Å². The molecule has 1 aliphatic heterocycles. The van der Waals surface area contributed by atoms with E-state index in [9.17, 15) is 4.79 Å². The number of carbonyl (C=O) groups excluding carboxylic acids is 1. The molecule has 1 fully saturated rings. The van der Waals surface area contributed by atoms with Crippen molar-refractivity contribution >= 4 is 5.91 Å². The zero-order valence-electron chi connectivity index (χ0n) is 13.8. The van der Waals surface area contributed by atoms with Gasteiger partial charge in [-0.2, -0.15) is 0 Å². The SMILES string of the molecule is O=C(CCCCCCCCc1cccnc1)N1CCCCC1. The summed E-state index contributed by atoms with van der Waals surface area (Å²) in [6.07, 6.45) is 16.7. The quantitative estimate of drug-likeness (QED) is 0.635. The van der Waals surface area contributed by atoms with Crippen LogP contribution in [0.4, 0.5) is 0 Å². The van der Waals surface area contributed by atoms with E-state index in [1.54, 1.807) is 0 Å². The molecule has 0 bridgehead atoms. The minimum atomic E-state index is 0.385. The van der Waals surface area contributed by atoms with Gasteiger partial charge in [0, 0.05) is 31.9 Å². The van der Waals surface area contributed by atoms with Crippen LogP contribution in [0, 0.1) is 0 Å². The molecule has 22 heavy (non-hydrogen) atoms. The number of unbranched alkanes of at least 4 members (excludes halogenated alkanes) is 5. The fourth-order valence-electron chi connectivity index (χ4n) is 3.16. The third-order valence-electron chi connectivity index (χ3n) is 4.54. The maximum Gasteiger partial charge on any atom is 0.222 e. The van der Waals surface area contributed by atoms with Crippen molar-refractivity contribution in [3.8, 4) is 0 Å². The summed E-state index contributed by atoms with van der Waals surface area (Å²) in [6, 6.07) is 4.16. The number of piperidine rings is 1. The van der Waals surface area contributed by atoms with Crippen molar-refractivity contribution in [3.63, 3.8) is 0 Å². The summed E-state index contributed by atoms with van der Waals surface area (Å²) in [4.78, 5) is 18.2. The lowest BCUT2D eigenvalue weighted by Gasteiger charge is -2.26. The van der Waals surface area contributed by atoms with Gasteiger partial charge in [0.05, 0.1) is 0 Å². The van der Waals surface area contributed by atoms with E-state index in [0.29, 0.717) is 5.91 Å². The molecule has 0 spiro atoms. The van der Waals surface area contributed by atoms with E-state index in [-0.39, 0.29) is 0 Å². The monoisotopic (exact) mass is 302 g/mol. The molecule has 0 atom stereocenters. The number of pyridine rings is 1. The van der Waals surface area contributed by atoms with Crippen LogP contribution in [0.25, 0.3) is 0 Å². The first-order chi connectivity index (χ1) is 10.9. The molecule has 0 N–H and O–H groups in total. The van der Waals surface area contributed by atoms with Crippen molar-refractivity contribution in [2.24, 2.45) is 0 Å². The first-order valence-electron chi connectivity index (χ1n) is 9.03. The minimum absolute atomic E-state index is 0.385. The number of nitrogens with zero attached hydrogens (tertiary/aromatic N) is 2. The summed E-state index contributed by atoms with van der Waals surface area (Å²) in [5.74, 6) is 0.385. The number of likely N-dealkylation sites (tertiary alicyclic amines) is 1. The summed E-state index contributed by atoms with van der Waals surface area (Å²) in [5.41, 5.74) is 1.34. The molecule has 1 aromatic rings. The summed E-state index contributed by atoms with van der Waals surface area (Å²) in [5, 5.41) is 0. The molecule has 1 saturated heterocycles. The molecule has 1 aromatic heterocycles. The van der Waals surface area contributed by atoms with Crippen molar-refractivity contribution in [2.75, 3.05) is 13.1 Å². The van der Waals surface area contributed by atoms with Crippen LogP contribution < -0.4 is 0 Å². The highest BCUT2D eigenvalue weighted by atomic mass is 16.2. The Morgan fingerprint density at radius 2 is 1.73 bits per heavy atom. The van der Waals surface area contributed by atoms with Gasteiger partial charge in [0.1, 0.15) is 0 Å². The first kappa shape index (κ1) is 17.0. The topological polar surface area (TPSA) is 33.2 Å². The number of aromatic nitrogens is 1. The molecule has 3 nitrogen and oxygen atoms in total. The molecule has 0 aliphatic carbocycles. The first-order valence-corrected chi connectivity index (χ1v) is 9.03. The number of aryl methyl sites for hydroxylation is 1. The van der Waals surface area contributed by atoms with Crippen LogP contribution in [0.2, 0.25) is 0 Å². The fraction of sp³-hybridized carbons (Fsp3) is 0.684. The van der Waals surface area contributed by atoms with Gasteiger partial charge in [0.2, 0.25) is 5.91 Å². The third-order valence-corrected chi connectivity index (χ3v) is 4.54. The van der Waals surface area contributed by atoms with Crippen LogP contribution >= 0.6 is 0 Å². The van der Waals surface area contributed by atoms with Crippen LogP contribution in [-0.2, 0) is 11.2 Å². The molecule has 0 radical (unpaired) electrons. The van der Waals surface area contributed by atoms with E-state index in [4.69, 9.17) is 0 Å². The Kier molecular flexibility index (Phi) is 8.00. The van der Waals surface area contributed by atoms with Crippen molar-refractivity contribution in [3.05, 3.63) is 30.1 Å². The van der Waals surface area contributed by atoms with Crippen molar-refractivity contribution in [2.45, 2.75) is 70.6 Å². The van der Waals surface area contributed by atoms with E-state index >= 15 is 0 Å². The zero-order valence-corrected chi connectivity index (χ0v) is 13.8. The lowest BCUT2D eigenvalue weighted by Crippen LogP contribution is -2.35. The van der Waals surface area contributed by atoms with Crippen molar-refractivity contribution in [1.82, 2.24) is 9.88 Å². The van der Waals surface area contributed by atoms with Crippen LogP contribution in [0.3, 0.4) is 0 Å². The van der Waals surface area contributed by atoms with Gasteiger partial charge in [-0.3, -0.25) is 9.78 Å². The number of carbonyl (C=O) groups is 1.